The van der Waals surface area contributed by atoms with Crippen molar-refractivity contribution in [3.63, 3.8) is 0 Å². The van der Waals surface area contributed by atoms with Gasteiger partial charge in [-0.05, 0) is 24.1 Å². The zero-order valence-electron chi connectivity index (χ0n) is 10.2. The summed E-state index contributed by atoms with van der Waals surface area (Å²) >= 11 is 5.85. The largest absolute Gasteiger partial charge is 0.481 e. The molecule has 0 aromatic heterocycles. The van der Waals surface area contributed by atoms with E-state index in [9.17, 15) is 9.59 Å². The lowest BCUT2D eigenvalue weighted by atomic mass is 10.1. The summed E-state index contributed by atoms with van der Waals surface area (Å²) in [5, 5.41) is 9.18. The van der Waals surface area contributed by atoms with Crippen molar-refractivity contribution in [1.29, 1.82) is 0 Å². The lowest BCUT2D eigenvalue weighted by Crippen LogP contribution is -2.29. The highest BCUT2D eigenvalue weighted by molar-refractivity contribution is 6.30. The fourth-order valence-electron chi connectivity index (χ4n) is 1.52. The summed E-state index contributed by atoms with van der Waals surface area (Å²) in [6.45, 7) is 0.240. The van der Waals surface area contributed by atoms with Gasteiger partial charge in [0.1, 0.15) is 0 Å². The van der Waals surface area contributed by atoms with E-state index in [1.165, 1.54) is 4.90 Å². The summed E-state index contributed by atoms with van der Waals surface area (Å²) in [6, 6.07) is 7.37. The van der Waals surface area contributed by atoms with Gasteiger partial charge in [-0.15, -0.1) is 0 Å². The number of carbonyl (C=O) groups is 2. The Morgan fingerprint density at radius 3 is 2.67 bits per heavy atom. The first-order chi connectivity index (χ1) is 8.49. The second kappa shape index (κ2) is 7.01. The summed E-state index contributed by atoms with van der Waals surface area (Å²) in [6.07, 6.45) is 0.937. The molecule has 0 saturated carbocycles. The van der Waals surface area contributed by atoms with Crippen LogP contribution in [0.4, 0.5) is 0 Å². The molecule has 0 aliphatic rings. The standard InChI is InChI=1S/C13H16ClNO3/c1-15(8-7-13(17)18)12(16)6-5-10-3-2-4-11(14)9-10/h2-4,9H,5-8H2,1H3,(H,17,18). The Morgan fingerprint density at radius 1 is 1.33 bits per heavy atom. The van der Waals surface area contributed by atoms with E-state index in [0.29, 0.717) is 17.9 Å². The van der Waals surface area contributed by atoms with Crippen LogP contribution in [0.2, 0.25) is 5.02 Å². The van der Waals surface area contributed by atoms with Crippen molar-refractivity contribution in [3.05, 3.63) is 34.9 Å². The number of amides is 1. The molecule has 1 amide bonds. The molecule has 1 N–H and O–H groups in total. The molecule has 0 bridgehead atoms. The normalized spacial score (nSPS) is 10.1. The molecule has 1 aromatic carbocycles. The lowest BCUT2D eigenvalue weighted by molar-refractivity contribution is -0.138. The van der Waals surface area contributed by atoms with Crippen molar-refractivity contribution in [1.82, 2.24) is 4.90 Å². The minimum atomic E-state index is -0.899. The molecule has 1 aromatic rings. The van der Waals surface area contributed by atoms with Crippen molar-refractivity contribution < 1.29 is 14.7 Å². The molecule has 98 valence electrons. The quantitative estimate of drug-likeness (QED) is 0.861. The van der Waals surface area contributed by atoms with Gasteiger partial charge in [-0.2, -0.15) is 0 Å². The van der Waals surface area contributed by atoms with Gasteiger partial charge in [-0.3, -0.25) is 9.59 Å². The van der Waals surface area contributed by atoms with Gasteiger partial charge in [0.15, 0.2) is 0 Å². The van der Waals surface area contributed by atoms with Crippen molar-refractivity contribution in [3.8, 4) is 0 Å². The molecule has 18 heavy (non-hydrogen) atoms. The van der Waals surface area contributed by atoms with Gasteiger partial charge in [0, 0.05) is 25.0 Å². The van der Waals surface area contributed by atoms with E-state index in [1.807, 2.05) is 18.2 Å². The Hall–Kier alpha value is -1.55. The first-order valence-electron chi connectivity index (χ1n) is 5.69. The maximum atomic E-state index is 11.7. The van der Waals surface area contributed by atoms with Gasteiger partial charge in [0.2, 0.25) is 5.91 Å². The molecule has 0 aliphatic carbocycles. The SMILES string of the molecule is CN(CCC(=O)O)C(=O)CCc1cccc(Cl)c1. The number of aryl methyl sites for hydroxylation is 1. The average Bonchev–Trinajstić information content (AvgIpc) is 2.33. The van der Waals surface area contributed by atoms with Gasteiger partial charge in [0.05, 0.1) is 6.42 Å². The molecule has 0 fully saturated rings. The molecule has 1 rings (SSSR count). The Balaban J connectivity index is 2.38. The smallest absolute Gasteiger partial charge is 0.305 e. The molecular weight excluding hydrogens is 254 g/mol. The number of halogens is 1. The first kappa shape index (κ1) is 14.5. The predicted octanol–water partition coefficient (Wildman–Crippen LogP) is 2.21. The van der Waals surface area contributed by atoms with E-state index in [0.717, 1.165) is 5.56 Å². The lowest BCUT2D eigenvalue weighted by Gasteiger charge is -2.15. The van der Waals surface area contributed by atoms with E-state index >= 15 is 0 Å². The molecule has 0 radical (unpaired) electrons. The molecule has 0 atom stereocenters. The highest BCUT2D eigenvalue weighted by atomic mass is 35.5. The second-order valence-electron chi connectivity index (χ2n) is 4.09. The van der Waals surface area contributed by atoms with Gasteiger partial charge in [-0.1, -0.05) is 23.7 Å². The third-order valence-corrected chi connectivity index (χ3v) is 2.84. The van der Waals surface area contributed by atoms with Crippen LogP contribution >= 0.6 is 11.6 Å². The van der Waals surface area contributed by atoms with E-state index < -0.39 is 5.97 Å². The average molecular weight is 270 g/mol. The summed E-state index contributed by atoms with van der Waals surface area (Å²) in [4.78, 5) is 23.5. The number of rotatable bonds is 6. The van der Waals surface area contributed by atoms with E-state index in [1.54, 1.807) is 13.1 Å². The first-order valence-corrected chi connectivity index (χ1v) is 6.07. The summed E-state index contributed by atoms with van der Waals surface area (Å²) in [5.74, 6) is -0.958. The van der Waals surface area contributed by atoms with Crippen molar-refractivity contribution in [2.45, 2.75) is 19.3 Å². The van der Waals surface area contributed by atoms with Crippen LogP contribution in [0.3, 0.4) is 0 Å². The third-order valence-electron chi connectivity index (χ3n) is 2.60. The Kier molecular flexibility index (Phi) is 5.65. The van der Waals surface area contributed by atoms with Crippen LogP contribution in [-0.2, 0) is 16.0 Å². The van der Waals surface area contributed by atoms with E-state index in [2.05, 4.69) is 0 Å². The van der Waals surface area contributed by atoms with E-state index in [-0.39, 0.29) is 18.9 Å². The second-order valence-corrected chi connectivity index (χ2v) is 4.53. The number of aliphatic carboxylic acids is 1. The van der Waals surface area contributed by atoms with Crippen LogP contribution in [0.15, 0.2) is 24.3 Å². The Labute approximate surface area is 111 Å². The monoisotopic (exact) mass is 269 g/mol. The number of carboxylic acid groups (broad SMARTS) is 1. The van der Waals surface area contributed by atoms with Gasteiger partial charge in [0.25, 0.3) is 0 Å². The zero-order valence-corrected chi connectivity index (χ0v) is 11.0. The minimum absolute atomic E-state index is 0.0284. The highest BCUT2D eigenvalue weighted by Gasteiger charge is 2.10. The summed E-state index contributed by atoms with van der Waals surface area (Å²) < 4.78 is 0. The maximum absolute atomic E-state index is 11.7. The molecule has 0 saturated heterocycles. The highest BCUT2D eigenvalue weighted by Crippen LogP contribution is 2.12. The van der Waals surface area contributed by atoms with Gasteiger partial charge in [-0.25, -0.2) is 0 Å². The number of hydrogen-bond donors (Lipinski definition) is 1. The zero-order chi connectivity index (χ0) is 13.5. The summed E-state index contributed by atoms with van der Waals surface area (Å²) in [5.41, 5.74) is 1.00. The third kappa shape index (κ3) is 5.19. The van der Waals surface area contributed by atoms with Crippen LogP contribution in [0.5, 0.6) is 0 Å². The molecule has 5 heteroatoms. The predicted molar refractivity (Wildman–Crippen MR) is 69.7 cm³/mol. The van der Waals surface area contributed by atoms with Crippen LogP contribution in [-0.4, -0.2) is 35.5 Å². The number of benzene rings is 1. The van der Waals surface area contributed by atoms with Crippen molar-refractivity contribution in [2.24, 2.45) is 0 Å². The maximum Gasteiger partial charge on any atom is 0.305 e. The molecular formula is C13H16ClNO3. The molecule has 0 spiro atoms. The number of hydrogen-bond acceptors (Lipinski definition) is 2. The van der Waals surface area contributed by atoms with Gasteiger partial charge >= 0.3 is 5.97 Å². The number of carbonyl (C=O) groups excluding carboxylic acids is 1. The van der Waals surface area contributed by atoms with Crippen LogP contribution < -0.4 is 0 Å². The minimum Gasteiger partial charge on any atom is -0.481 e. The fourth-order valence-corrected chi connectivity index (χ4v) is 1.74. The van der Waals surface area contributed by atoms with Crippen LogP contribution in [0.1, 0.15) is 18.4 Å². The fraction of sp³-hybridized carbons (Fsp3) is 0.385. The number of carboxylic acids is 1. The summed E-state index contributed by atoms with van der Waals surface area (Å²) in [7, 11) is 1.61. The van der Waals surface area contributed by atoms with Crippen LogP contribution in [0.25, 0.3) is 0 Å². The molecule has 4 nitrogen and oxygen atoms in total. The number of nitrogens with zero attached hydrogens (tertiary/aromatic N) is 1. The Bertz CT molecular complexity index is 434. The van der Waals surface area contributed by atoms with Crippen molar-refractivity contribution >= 4 is 23.5 Å². The molecule has 0 aliphatic heterocycles. The Morgan fingerprint density at radius 2 is 2.06 bits per heavy atom. The van der Waals surface area contributed by atoms with Crippen molar-refractivity contribution in [2.75, 3.05) is 13.6 Å². The van der Waals surface area contributed by atoms with E-state index in [4.69, 9.17) is 16.7 Å². The molecule has 0 unspecified atom stereocenters. The molecule has 0 heterocycles. The topological polar surface area (TPSA) is 57.6 Å². The van der Waals surface area contributed by atoms with Gasteiger partial charge < -0.3 is 10.0 Å². The van der Waals surface area contributed by atoms with Crippen LogP contribution in [0, 0.1) is 0 Å².